The second-order valence-electron chi connectivity index (χ2n) is 7.31. The van der Waals surface area contributed by atoms with Gasteiger partial charge in [-0.1, -0.05) is 19.1 Å². The maximum atomic E-state index is 12.4. The van der Waals surface area contributed by atoms with Gasteiger partial charge in [-0.2, -0.15) is 11.8 Å². The van der Waals surface area contributed by atoms with Crippen molar-refractivity contribution in [3.63, 3.8) is 0 Å². The Bertz CT molecular complexity index is 550. The monoisotopic (exact) mass is 384 g/mol. The van der Waals surface area contributed by atoms with Crippen molar-refractivity contribution < 1.29 is 29.3 Å². The van der Waals surface area contributed by atoms with Crippen LogP contribution >= 0.6 is 11.8 Å². The minimum atomic E-state index is -0.648. The molecule has 1 aliphatic heterocycles. The lowest BCUT2D eigenvalue weighted by atomic mass is 9.77. The Morgan fingerprint density at radius 3 is 2.58 bits per heavy atom. The van der Waals surface area contributed by atoms with E-state index >= 15 is 0 Å². The van der Waals surface area contributed by atoms with E-state index in [0.717, 1.165) is 11.3 Å². The van der Waals surface area contributed by atoms with Crippen LogP contribution in [-0.4, -0.2) is 59.1 Å². The van der Waals surface area contributed by atoms with Crippen LogP contribution in [0.2, 0.25) is 0 Å². The molecule has 7 atom stereocenters. The lowest BCUT2D eigenvalue weighted by molar-refractivity contribution is -0.146. The van der Waals surface area contributed by atoms with E-state index in [1.807, 2.05) is 13.7 Å². The first kappa shape index (κ1) is 21.1. The van der Waals surface area contributed by atoms with Crippen LogP contribution in [0.1, 0.15) is 26.2 Å². The molecular formula is C19H28O6S. The minimum absolute atomic E-state index is 0.0192. The number of ether oxygens (including phenoxy) is 1. The van der Waals surface area contributed by atoms with Crippen LogP contribution < -0.4 is 0 Å². The van der Waals surface area contributed by atoms with Gasteiger partial charge in [-0.05, 0) is 24.5 Å². The standard InChI is InChI=1S/C18H26O5S.CH2O/c1-9-6-14(21)16-12(8-24-5-3-4-19)18(22)23-17(16)15-10(2)13(20)7-11(9)15;1-2/h10-12,14-17,19,21H,1,3-8H2,2H3;1H2. The molecule has 0 aromatic carbocycles. The van der Waals surface area contributed by atoms with Crippen molar-refractivity contribution in [3.8, 4) is 0 Å². The number of carbonyl (C=O) groups excluding carboxylic acids is 3. The predicted octanol–water partition coefficient (Wildman–Crippen LogP) is 1.24. The number of carbonyl (C=O) groups is 3. The summed E-state index contributed by atoms with van der Waals surface area (Å²) in [5, 5.41) is 19.6. The lowest BCUT2D eigenvalue weighted by Gasteiger charge is -2.29. The fourth-order valence-electron chi connectivity index (χ4n) is 4.65. The first-order valence-electron chi connectivity index (χ1n) is 9.02. The summed E-state index contributed by atoms with van der Waals surface area (Å²) in [7, 11) is 0. The SMILES string of the molecule is C=C1CC(O)C2C(CSCCCO)C(=O)OC2C2C(C)C(=O)CC12.C=O. The van der Waals surface area contributed by atoms with Gasteiger partial charge in [-0.3, -0.25) is 9.59 Å². The number of aliphatic hydroxyl groups excluding tert-OH is 2. The van der Waals surface area contributed by atoms with Crippen molar-refractivity contribution in [2.45, 2.75) is 38.4 Å². The van der Waals surface area contributed by atoms with Crippen LogP contribution in [0.15, 0.2) is 12.2 Å². The van der Waals surface area contributed by atoms with Crippen molar-refractivity contribution in [1.82, 2.24) is 0 Å². The summed E-state index contributed by atoms with van der Waals surface area (Å²) in [5.74, 6) is 0.524. The molecule has 0 spiro atoms. The van der Waals surface area contributed by atoms with Gasteiger partial charge < -0.3 is 19.7 Å². The van der Waals surface area contributed by atoms with E-state index in [0.29, 0.717) is 25.0 Å². The largest absolute Gasteiger partial charge is 0.461 e. The van der Waals surface area contributed by atoms with Gasteiger partial charge in [-0.25, -0.2) is 0 Å². The van der Waals surface area contributed by atoms with Gasteiger partial charge in [0, 0.05) is 36.5 Å². The predicted molar refractivity (Wildman–Crippen MR) is 98.5 cm³/mol. The van der Waals surface area contributed by atoms with Crippen LogP contribution in [0.3, 0.4) is 0 Å². The van der Waals surface area contributed by atoms with Crippen LogP contribution in [0.5, 0.6) is 0 Å². The first-order chi connectivity index (χ1) is 12.5. The van der Waals surface area contributed by atoms with Gasteiger partial charge in [0.15, 0.2) is 0 Å². The molecule has 3 rings (SSSR count). The summed E-state index contributed by atoms with van der Waals surface area (Å²) in [5.41, 5.74) is 0.919. The molecule has 2 aliphatic carbocycles. The third-order valence-electron chi connectivity index (χ3n) is 5.93. The summed E-state index contributed by atoms with van der Waals surface area (Å²) >= 11 is 1.61. The molecule has 3 aliphatic rings. The van der Waals surface area contributed by atoms with Crippen molar-refractivity contribution in [2.24, 2.45) is 29.6 Å². The van der Waals surface area contributed by atoms with E-state index in [1.54, 1.807) is 11.8 Å². The zero-order chi connectivity index (χ0) is 19.4. The fraction of sp³-hybridized carbons (Fsp3) is 0.737. The highest BCUT2D eigenvalue weighted by atomic mass is 32.2. The Labute approximate surface area is 158 Å². The number of hydrogen-bond acceptors (Lipinski definition) is 7. The molecule has 0 bridgehead atoms. The zero-order valence-electron chi connectivity index (χ0n) is 15.1. The van der Waals surface area contributed by atoms with Crippen LogP contribution in [-0.2, 0) is 19.1 Å². The van der Waals surface area contributed by atoms with Gasteiger partial charge in [0.05, 0.1) is 12.0 Å². The smallest absolute Gasteiger partial charge is 0.310 e. The van der Waals surface area contributed by atoms with Crippen molar-refractivity contribution >= 4 is 30.3 Å². The Morgan fingerprint density at radius 1 is 1.23 bits per heavy atom. The second kappa shape index (κ2) is 9.15. The number of Topliss-reactive ketones (excluding diaryl/α,β-unsaturated/α-hetero) is 1. The molecule has 6 nitrogen and oxygen atoms in total. The number of ketones is 1. The van der Waals surface area contributed by atoms with E-state index in [-0.39, 0.29) is 54.1 Å². The highest BCUT2D eigenvalue weighted by Gasteiger charge is 2.58. The molecule has 7 heteroatoms. The Balaban J connectivity index is 0.00000117. The molecular weight excluding hydrogens is 356 g/mol. The molecule has 0 amide bonds. The average Bonchev–Trinajstić information content (AvgIpc) is 3.07. The fourth-order valence-corrected chi connectivity index (χ4v) is 5.76. The first-order valence-corrected chi connectivity index (χ1v) is 10.2. The molecule has 26 heavy (non-hydrogen) atoms. The number of hydrogen-bond donors (Lipinski definition) is 2. The Kier molecular flexibility index (Phi) is 7.43. The normalized spacial score (nSPS) is 38.7. The van der Waals surface area contributed by atoms with Crippen molar-refractivity contribution in [3.05, 3.63) is 12.2 Å². The number of esters is 1. The summed E-state index contributed by atoms with van der Waals surface area (Å²) in [6.07, 6.45) is 0.549. The maximum absolute atomic E-state index is 12.4. The minimum Gasteiger partial charge on any atom is -0.461 e. The van der Waals surface area contributed by atoms with Crippen LogP contribution in [0, 0.1) is 29.6 Å². The number of aliphatic hydroxyl groups is 2. The summed E-state index contributed by atoms with van der Waals surface area (Å²) in [6.45, 7) is 8.16. The summed E-state index contributed by atoms with van der Waals surface area (Å²) < 4.78 is 5.71. The lowest BCUT2D eigenvalue weighted by Crippen LogP contribution is -2.38. The van der Waals surface area contributed by atoms with Gasteiger partial charge in [0.1, 0.15) is 18.7 Å². The number of fused-ring (bicyclic) bond motifs is 3. The number of thioether (sulfide) groups is 1. The second-order valence-corrected chi connectivity index (χ2v) is 8.46. The number of rotatable bonds is 5. The van der Waals surface area contributed by atoms with Gasteiger partial charge >= 0.3 is 5.97 Å². The quantitative estimate of drug-likeness (QED) is 0.418. The van der Waals surface area contributed by atoms with Crippen LogP contribution in [0.25, 0.3) is 0 Å². The van der Waals surface area contributed by atoms with E-state index in [4.69, 9.17) is 14.6 Å². The molecule has 0 radical (unpaired) electrons. The topological polar surface area (TPSA) is 101 Å². The summed E-state index contributed by atoms with van der Waals surface area (Å²) in [4.78, 5) is 32.6. The molecule has 1 saturated heterocycles. The molecule has 0 aromatic rings. The van der Waals surface area contributed by atoms with Crippen molar-refractivity contribution in [2.75, 3.05) is 18.1 Å². The average molecular weight is 384 g/mol. The van der Waals surface area contributed by atoms with E-state index in [9.17, 15) is 14.7 Å². The molecule has 2 N–H and O–H groups in total. The van der Waals surface area contributed by atoms with Gasteiger partial charge in [-0.15, -0.1) is 0 Å². The zero-order valence-corrected chi connectivity index (χ0v) is 16.0. The maximum Gasteiger partial charge on any atom is 0.310 e. The Hall–Kier alpha value is -1.18. The van der Waals surface area contributed by atoms with E-state index < -0.39 is 6.10 Å². The molecule has 0 aromatic heterocycles. The molecule has 7 unspecified atom stereocenters. The third-order valence-corrected chi connectivity index (χ3v) is 7.11. The third kappa shape index (κ3) is 3.89. The molecule has 3 fully saturated rings. The highest BCUT2D eigenvalue weighted by molar-refractivity contribution is 7.99. The Morgan fingerprint density at radius 2 is 1.92 bits per heavy atom. The van der Waals surface area contributed by atoms with Crippen molar-refractivity contribution in [1.29, 1.82) is 0 Å². The summed E-state index contributed by atoms with van der Waals surface area (Å²) in [6, 6.07) is 0. The molecule has 146 valence electrons. The highest BCUT2D eigenvalue weighted by Crippen LogP contribution is 2.52. The van der Waals surface area contributed by atoms with Crippen LogP contribution in [0.4, 0.5) is 0 Å². The molecule has 1 heterocycles. The molecule has 2 saturated carbocycles. The van der Waals surface area contributed by atoms with E-state index in [1.165, 1.54) is 0 Å². The van der Waals surface area contributed by atoms with E-state index in [2.05, 4.69) is 6.58 Å². The van der Waals surface area contributed by atoms with Gasteiger partial charge in [0.2, 0.25) is 0 Å². The van der Waals surface area contributed by atoms with Gasteiger partial charge in [0.25, 0.3) is 0 Å².